The molecule has 1 aliphatic rings. The third-order valence-electron chi connectivity index (χ3n) is 4.45. The van der Waals surface area contributed by atoms with Crippen molar-refractivity contribution in [3.05, 3.63) is 66.2 Å². The van der Waals surface area contributed by atoms with E-state index in [0.717, 1.165) is 24.5 Å². The first-order valence-electron chi connectivity index (χ1n) is 8.41. The molecule has 1 saturated heterocycles. The molecule has 0 aliphatic carbocycles. The number of hydrogen-bond donors (Lipinski definition) is 0. The van der Waals surface area contributed by atoms with Crippen LogP contribution in [0.5, 0.6) is 0 Å². The highest BCUT2D eigenvalue weighted by molar-refractivity contribution is 8.00. The molecule has 3 rings (SSSR count). The molecule has 2 aromatic carbocycles. The molecule has 1 fully saturated rings. The summed E-state index contributed by atoms with van der Waals surface area (Å²) in [5, 5.41) is -0.0815. The van der Waals surface area contributed by atoms with Gasteiger partial charge in [0.15, 0.2) is 0 Å². The molecular weight excluding hydrogens is 316 g/mol. The Bertz CT molecular complexity index is 662. The van der Waals surface area contributed by atoms with E-state index in [4.69, 9.17) is 0 Å². The second kappa shape index (κ2) is 7.86. The van der Waals surface area contributed by atoms with E-state index in [-0.39, 0.29) is 17.2 Å². The predicted molar refractivity (Wildman–Crippen MR) is 100 cm³/mol. The Labute approximate surface area is 148 Å². The van der Waals surface area contributed by atoms with Crippen molar-refractivity contribution in [2.24, 2.45) is 0 Å². The van der Waals surface area contributed by atoms with Gasteiger partial charge in [-0.2, -0.15) is 0 Å². The number of amides is 1. The first-order valence-corrected chi connectivity index (χ1v) is 9.29. The van der Waals surface area contributed by atoms with Crippen LogP contribution in [-0.4, -0.2) is 47.6 Å². The van der Waals surface area contributed by atoms with Gasteiger partial charge in [0.1, 0.15) is 0 Å². The van der Waals surface area contributed by atoms with Crippen LogP contribution in [0.1, 0.15) is 18.5 Å². The van der Waals surface area contributed by atoms with Crippen LogP contribution in [0.3, 0.4) is 0 Å². The van der Waals surface area contributed by atoms with Crippen LogP contribution in [-0.2, 0) is 4.79 Å². The van der Waals surface area contributed by atoms with Gasteiger partial charge >= 0.3 is 0 Å². The zero-order chi connectivity index (χ0) is 16.9. The molecule has 0 spiro atoms. The van der Waals surface area contributed by atoms with E-state index >= 15 is 0 Å². The van der Waals surface area contributed by atoms with Crippen LogP contribution in [0, 0.1) is 0 Å². The molecule has 0 radical (unpaired) electrons. The van der Waals surface area contributed by atoms with Crippen molar-refractivity contribution in [2.75, 3.05) is 26.7 Å². The molecule has 126 valence electrons. The SMILES string of the molecule is C[C@H](Sc1ccccc1)C(=O)N1CCN(C)C[C@@H]1c1ccccc1. The molecule has 4 heteroatoms. The summed E-state index contributed by atoms with van der Waals surface area (Å²) in [7, 11) is 2.12. The van der Waals surface area contributed by atoms with Crippen molar-refractivity contribution >= 4 is 17.7 Å². The van der Waals surface area contributed by atoms with Gasteiger partial charge in [-0.05, 0) is 31.7 Å². The molecule has 0 unspecified atom stereocenters. The van der Waals surface area contributed by atoms with E-state index in [2.05, 4.69) is 53.2 Å². The highest BCUT2D eigenvalue weighted by Crippen LogP contribution is 2.30. The number of piperazine rings is 1. The topological polar surface area (TPSA) is 23.6 Å². The highest BCUT2D eigenvalue weighted by atomic mass is 32.2. The Morgan fingerprint density at radius 1 is 1.04 bits per heavy atom. The summed E-state index contributed by atoms with van der Waals surface area (Å²) in [6.45, 7) is 4.62. The van der Waals surface area contributed by atoms with Crippen molar-refractivity contribution in [3.8, 4) is 0 Å². The Kier molecular flexibility index (Phi) is 5.59. The summed E-state index contributed by atoms with van der Waals surface area (Å²) < 4.78 is 0. The second-order valence-electron chi connectivity index (χ2n) is 6.29. The minimum atomic E-state index is -0.0815. The molecule has 0 bridgehead atoms. The van der Waals surface area contributed by atoms with E-state index in [9.17, 15) is 4.79 Å². The summed E-state index contributed by atoms with van der Waals surface area (Å²) in [5.74, 6) is 0.228. The fourth-order valence-electron chi connectivity index (χ4n) is 3.13. The quantitative estimate of drug-likeness (QED) is 0.793. The van der Waals surface area contributed by atoms with Crippen LogP contribution in [0.4, 0.5) is 0 Å². The predicted octanol–water partition coefficient (Wildman–Crippen LogP) is 3.68. The summed E-state index contributed by atoms with van der Waals surface area (Å²) in [4.78, 5) is 18.6. The van der Waals surface area contributed by atoms with E-state index in [1.807, 2.05) is 31.2 Å². The average molecular weight is 340 g/mol. The van der Waals surface area contributed by atoms with Gasteiger partial charge < -0.3 is 9.80 Å². The third kappa shape index (κ3) is 4.00. The number of nitrogens with zero attached hydrogens (tertiary/aromatic N) is 2. The summed E-state index contributed by atoms with van der Waals surface area (Å²) in [5.41, 5.74) is 1.22. The smallest absolute Gasteiger partial charge is 0.236 e. The molecular formula is C20H24N2OS. The number of rotatable bonds is 4. The van der Waals surface area contributed by atoms with Gasteiger partial charge in [-0.15, -0.1) is 11.8 Å². The Morgan fingerprint density at radius 2 is 1.67 bits per heavy atom. The third-order valence-corrected chi connectivity index (χ3v) is 5.55. The van der Waals surface area contributed by atoms with Crippen molar-refractivity contribution < 1.29 is 4.79 Å². The number of carbonyl (C=O) groups is 1. The first-order chi connectivity index (χ1) is 11.6. The standard InChI is InChI=1S/C20H24N2OS/c1-16(24-18-11-7-4-8-12-18)20(23)22-14-13-21(2)15-19(22)17-9-5-3-6-10-17/h3-12,16,19H,13-15H2,1-2H3/t16-,19+/m0/s1. The van der Waals surface area contributed by atoms with Crippen LogP contribution in [0.25, 0.3) is 0 Å². The largest absolute Gasteiger partial charge is 0.332 e. The average Bonchev–Trinajstić information content (AvgIpc) is 2.62. The van der Waals surface area contributed by atoms with Gasteiger partial charge in [-0.1, -0.05) is 48.5 Å². The van der Waals surface area contributed by atoms with E-state index in [1.165, 1.54) is 5.56 Å². The molecule has 0 aromatic heterocycles. The molecule has 1 amide bonds. The second-order valence-corrected chi connectivity index (χ2v) is 7.71. The summed E-state index contributed by atoms with van der Waals surface area (Å²) >= 11 is 1.64. The molecule has 0 saturated carbocycles. The number of hydrogen-bond acceptors (Lipinski definition) is 3. The molecule has 24 heavy (non-hydrogen) atoms. The van der Waals surface area contributed by atoms with Crippen LogP contribution < -0.4 is 0 Å². The Balaban J connectivity index is 1.76. The van der Waals surface area contributed by atoms with Crippen LogP contribution in [0.2, 0.25) is 0 Å². The lowest BCUT2D eigenvalue weighted by Gasteiger charge is -2.41. The monoisotopic (exact) mass is 340 g/mol. The molecule has 2 aromatic rings. The molecule has 1 heterocycles. The van der Waals surface area contributed by atoms with Gasteiger partial charge in [0.25, 0.3) is 0 Å². The zero-order valence-electron chi connectivity index (χ0n) is 14.3. The van der Waals surface area contributed by atoms with Crippen molar-refractivity contribution in [1.82, 2.24) is 9.80 Å². The molecule has 0 N–H and O–H groups in total. The minimum absolute atomic E-state index is 0.0815. The van der Waals surface area contributed by atoms with E-state index < -0.39 is 0 Å². The lowest BCUT2D eigenvalue weighted by molar-refractivity contribution is -0.135. The Morgan fingerprint density at radius 3 is 2.33 bits per heavy atom. The highest BCUT2D eigenvalue weighted by Gasteiger charge is 2.32. The fourth-order valence-corrected chi connectivity index (χ4v) is 4.09. The van der Waals surface area contributed by atoms with Crippen LogP contribution >= 0.6 is 11.8 Å². The molecule has 2 atom stereocenters. The maximum Gasteiger partial charge on any atom is 0.236 e. The number of carbonyl (C=O) groups excluding carboxylic acids is 1. The van der Waals surface area contributed by atoms with Gasteiger partial charge in [-0.3, -0.25) is 4.79 Å². The fraction of sp³-hybridized carbons (Fsp3) is 0.350. The minimum Gasteiger partial charge on any atom is -0.332 e. The number of benzene rings is 2. The Hall–Kier alpha value is -1.78. The van der Waals surface area contributed by atoms with Crippen molar-refractivity contribution in [3.63, 3.8) is 0 Å². The lowest BCUT2D eigenvalue weighted by Crippen LogP contribution is -2.51. The van der Waals surface area contributed by atoms with Gasteiger partial charge in [0.05, 0.1) is 11.3 Å². The number of thioether (sulfide) groups is 1. The van der Waals surface area contributed by atoms with Crippen molar-refractivity contribution in [1.29, 1.82) is 0 Å². The van der Waals surface area contributed by atoms with Gasteiger partial charge in [-0.25, -0.2) is 0 Å². The van der Waals surface area contributed by atoms with Crippen molar-refractivity contribution in [2.45, 2.75) is 23.1 Å². The summed E-state index contributed by atoms with van der Waals surface area (Å²) in [6.07, 6.45) is 0. The van der Waals surface area contributed by atoms with Gasteiger partial charge in [0, 0.05) is 24.5 Å². The molecule has 3 nitrogen and oxygen atoms in total. The number of likely N-dealkylation sites (N-methyl/N-ethyl adjacent to an activating group) is 1. The van der Waals surface area contributed by atoms with E-state index in [0.29, 0.717) is 0 Å². The normalized spacial score (nSPS) is 19.9. The van der Waals surface area contributed by atoms with E-state index in [1.54, 1.807) is 11.8 Å². The molecule has 1 aliphatic heterocycles. The maximum atomic E-state index is 13.1. The zero-order valence-corrected chi connectivity index (χ0v) is 15.1. The van der Waals surface area contributed by atoms with Crippen LogP contribution in [0.15, 0.2) is 65.6 Å². The lowest BCUT2D eigenvalue weighted by atomic mass is 10.0. The first kappa shape index (κ1) is 17.1. The summed E-state index contributed by atoms with van der Waals surface area (Å²) in [6, 6.07) is 20.7. The van der Waals surface area contributed by atoms with Gasteiger partial charge in [0.2, 0.25) is 5.91 Å². The maximum absolute atomic E-state index is 13.1.